The molecule has 0 spiro atoms. The van der Waals surface area contributed by atoms with Crippen molar-refractivity contribution in [1.29, 1.82) is 0 Å². The minimum atomic E-state index is 0. The molecule has 2 aromatic heterocycles. The van der Waals surface area contributed by atoms with Crippen LogP contribution in [-0.4, -0.2) is 9.97 Å². The zero-order chi connectivity index (χ0) is 6.10. The van der Waals surface area contributed by atoms with Crippen LogP contribution in [0.4, 0.5) is 0 Å². The summed E-state index contributed by atoms with van der Waals surface area (Å²) in [4.78, 5) is 7.02. The van der Waals surface area contributed by atoms with Crippen molar-refractivity contribution in [2.24, 2.45) is 0 Å². The first kappa shape index (κ1) is 8.42. The second-order valence-corrected chi connectivity index (χ2v) is 1.85. The van der Waals surface area contributed by atoms with Crippen molar-refractivity contribution in [3.63, 3.8) is 0 Å². The van der Waals surface area contributed by atoms with Crippen LogP contribution in [0.2, 0.25) is 0 Å². The van der Waals surface area contributed by atoms with E-state index in [2.05, 4.69) is 16.0 Å². The van der Waals surface area contributed by atoms with Gasteiger partial charge in [0.05, 0.1) is 5.65 Å². The fourth-order valence-corrected chi connectivity index (χ4v) is 0.830. The molecule has 2 nitrogen and oxygen atoms in total. The fourth-order valence-electron chi connectivity index (χ4n) is 0.830. The van der Waals surface area contributed by atoms with E-state index in [9.17, 15) is 0 Å². The fraction of sp³-hybridized carbons (Fsp3) is 0. The van der Waals surface area contributed by atoms with Gasteiger partial charge in [-0.15, -0.1) is 11.5 Å². The second kappa shape index (κ2) is 3.64. The molecule has 2 rings (SSSR count). The molecule has 2 heterocycles. The Morgan fingerprint density at radius 3 is 3.20 bits per heavy atom. The van der Waals surface area contributed by atoms with E-state index in [1.165, 1.54) is 0 Å². The molecule has 0 fully saturated rings. The first-order valence-corrected chi connectivity index (χ1v) is 2.76. The molecule has 3 heteroatoms. The summed E-state index contributed by atoms with van der Waals surface area (Å²) in [6, 6.07) is 6.76. The number of H-pyrrole nitrogens is 1. The largest absolute Gasteiger partial charge is 1.00 e. The van der Waals surface area contributed by atoms with Crippen LogP contribution in [0.1, 0.15) is 0 Å². The second-order valence-electron chi connectivity index (χ2n) is 1.85. The topological polar surface area (TPSA) is 28.7 Å². The molecule has 10 heavy (non-hydrogen) atoms. The Balaban J connectivity index is 0.000000500. The van der Waals surface area contributed by atoms with Gasteiger partial charge in [-0.25, -0.2) is 12.1 Å². The Morgan fingerprint density at radius 2 is 2.40 bits per heavy atom. The molecule has 0 aliphatic rings. The van der Waals surface area contributed by atoms with Crippen molar-refractivity contribution in [2.75, 3.05) is 0 Å². The van der Waals surface area contributed by atoms with Crippen LogP contribution in [0.3, 0.4) is 0 Å². The van der Waals surface area contributed by atoms with Crippen molar-refractivity contribution in [3.05, 3.63) is 30.6 Å². The van der Waals surface area contributed by atoms with Crippen LogP contribution in [0, 0.1) is 6.07 Å². The molecule has 0 bridgehead atoms. The van der Waals surface area contributed by atoms with E-state index in [0.29, 0.717) is 0 Å². The van der Waals surface area contributed by atoms with Crippen molar-refractivity contribution < 1.29 is 51.4 Å². The third kappa shape index (κ3) is 1.49. The maximum atomic E-state index is 4.03. The number of nitrogens with one attached hydrogen (secondary N) is 1. The number of nitrogens with zero attached hydrogens (tertiary/aromatic N) is 1. The van der Waals surface area contributed by atoms with Gasteiger partial charge in [0.1, 0.15) is 0 Å². The molecule has 44 valence electrons. The molecule has 0 atom stereocenters. The van der Waals surface area contributed by atoms with E-state index >= 15 is 0 Å². The molecule has 0 aliphatic carbocycles. The minimum Gasteiger partial charge on any atom is -0.363 e. The summed E-state index contributed by atoms with van der Waals surface area (Å²) in [6.07, 6.45) is 3.52. The third-order valence-electron chi connectivity index (χ3n) is 1.26. The predicted octanol–water partition coefficient (Wildman–Crippen LogP) is -1.63. The Hall–Kier alpha value is 0.326. The van der Waals surface area contributed by atoms with Gasteiger partial charge in [-0.2, -0.15) is 0 Å². The van der Waals surface area contributed by atoms with Crippen LogP contribution in [0.5, 0.6) is 0 Å². The summed E-state index contributed by atoms with van der Waals surface area (Å²) in [7, 11) is 0. The molecule has 0 saturated carbocycles. The van der Waals surface area contributed by atoms with E-state index < -0.39 is 0 Å². The molecule has 0 unspecified atom stereocenters. The van der Waals surface area contributed by atoms with Gasteiger partial charge in [0.2, 0.25) is 0 Å². The van der Waals surface area contributed by atoms with E-state index in [1.54, 1.807) is 6.20 Å². The molecule has 0 radical (unpaired) electrons. The quantitative estimate of drug-likeness (QED) is 0.360. The maximum absolute atomic E-state index is 4.03. The molecule has 0 aromatic carbocycles. The number of pyridine rings is 1. The first-order chi connectivity index (χ1) is 4.47. The average Bonchev–Trinajstić information content (AvgIpc) is 2.33. The summed E-state index contributed by atoms with van der Waals surface area (Å²) < 4.78 is 0. The summed E-state index contributed by atoms with van der Waals surface area (Å²) in [5, 5.41) is 1.11. The molecule has 1 N–H and O–H groups in total. The molecule has 2 aromatic rings. The van der Waals surface area contributed by atoms with Gasteiger partial charge >= 0.3 is 51.4 Å². The average molecular weight is 156 g/mol. The van der Waals surface area contributed by atoms with E-state index in [-0.39, 0.29) is 51.4 Å². The molecule has 0 saturated heterocycles. The summed E-state index contributed by atoms with van der Waals surface area (Å²) in [5.74, 6) is 0. The Labute approximate surface area is 101 Å². The van der Waals surface area contributed by atoms with Gasteiger partial charge in [-0.3, -0.25) is 4.98 Å². The first-order valence-electron chi connectivity index (χ1n) is 2.76. The number of fused-ring (bicyclic) bond motifs is 1. The number of rotatable bonds is 0. The maximum Gasteiger partial charge on any atom is 1.00 e. The minimum absolute atomic E-state index is 0. The smallest absolute Gasteiger partial charge is 0.363 e. The zero-order valence-electron chi connectivity index (χ0n) is 5.76. The van der Waals surface area contributed by atoms with Crippen molar-refractivity contribution in [1.82, 2.24) is 9.97 Å². The number of aromatic amines is 1. The van der Waals surface area contributed by atoms with Gasteiger partial charge in [0.25, 0.3) is 0 Å². The van der Waals surface area contributed by atoms with Crippen molar-refractivity contribution >= 4 is 11.0 Å². The van der Waals surface area contributed by atoms with Crippen LogP contribution in [-0.2, 0) is 0 Å². The number of hydrogen-bond donors (Lipinski definition) is 1. The van der Waals surface area contributed by atoms with Crippen LogP contribution < -0.4 is 51.4 Å². The van der Waals surface area contributed by atoms with Crippen LogP contribution in [0.15, 0.2) is 24.5 Å². The Morgan fingerprint density at radius 1 is 1.50 bits per heavy atom. The Kier molecular flexibility index (Phi) is 3.07. The molecular formula is C7H5KN2. The Bertz CT molecular complexity index is 286. The summed E-state index contributed by atoms with van der Waals surface area (Å²) >= 11 is 0. The SMILES string of the molecule is [K+].[c-]1cnc2[nH]ccc2c1. The molecule has 0 aliphatic heterocycles. The summed E-state index contributed by atoms with van der Waals surface area (Å²) in [5.41, 5.74) is 0.925. The number of aromatic nitrogens is 2. The summed E-state index contributed by atoms with van der Waals surface area (Å²) in [6.45, 7) is 0. The standard InChI is InChI=1S/C7H5N2.K/c1-2-6-3-5-9-7(6)8-4-1;/h2-5H,(H,8,9);/q-1;+1. The van der Waals surface area contributed by atoms with Crippen LogP contribution in [0.25, 0.3) is 11.0 Å². The zero-order valence-corrected chi connectivity index (χ0v) is 8.88. The van der Waals surface area contributed by atoms with Gasteiger partial charge in [-0.05, 0) is 6.20 Å². The monoisotopic (exact) mass is 156 g/mol. The van der Waals surface area contributed by atoms with Gasteiger partial charge in [0, 0.05) is 0 Å². The van der Waals surface area contributed by atoms with Gasteiger partial charge in [-0.1, -0.05) is 6.20 Å². The van der Waals surface area contributed by atoms with Crippen molar-refractivity contribution in [3.8, 4) is 0 Å². The molecule has 0 amide bonds. The number of hydrogen-bond acceptors (Lipinski definition) is 1. The van der Waals surface area contributed by atoms with E-state index in [0.717, 1.165) is 11.0 Å². The van der Waals surface area contributed by atoms with E-state index in [1.807, 2.05) is 18.3 Å². The van der Waals surface area contributed by atoms with Gasteiger partial charge in [0.15, 0.2) is 0 Å². The van der Waals surface area contributed by atoms with E-state index in [4.69, 9.17) is 0 Å². The van der Waals surface area contributed by atoms with Gasteiger partial charge < -0.3 is 4.98 Å². The van der Waals surface area contributed by atoms with Crippen molar-refractivity contribution in [2.45, 2.75) is 0 Å². The predicted molar refractivity (Wildman–Crippen MR) is 34.9 cm³/mol. The third-order valence-corrected chi connectivity index (χ3v) is 1.26. The normalized spacial score (nSPS) is 9.20. The van der Waals surface area contributed by atoms with Crippen LogP contribution >= 0.6 is 0 Å². The molecular weight excluding hydrogens is 151 g/mol.